The summed E-state index contributed by atoms with van der Waals surface area (Å²) in [6, 6.07) is 15.7. The first-order valence-corrected chi connectivity index (χ1v) is 16.2. The molecule has 0 spiro atoms. The van der Waals surface area contributed by atoms with Gasteiger partial charge in [-0.2, -0.15) is 0 Å². The molecule has 2 N–H and O–H groups in total. The monoisotopic (exact) mass is 625 g/mol. The maximum atomic E-state index is 12.9. The maximum absolute atomic E-state index is 12.9. The SMILES string of the molecule is COc1ccc(C)cc1NS(=O)(=O)c1ccc(NC(=O)C2CCN(S(=O)(=O)Cc3ccc(Cl)c(Cl)c3)CC2)cc1. The van der Waals surface area contributed by atoms with Crippen LogP contribution in [0, 0.1) is 12.8 Å². The second-order valence-corrected chi connectivity index (χ2v) is 14.0. The minimum Gasteiger partial charge on any atom is -0.495 e. The Bertz CT molecular complexity index is 1610. The van der Waals surface area contributed by atoms with Gasteiger partial charge >= 0.3 is 0 Å². The van der Waals surface area contributed by atoms with Gasteiger partial charge in [-0.05, 0) is 79.4 Å². The van der Waals surface area contributed by atoms with E-state index in [1.54, 1.807) is 24.3 Å². The molecule has 40 heavy (non-hydrogen) atoms. The topological polar surface area (TPSA) is 122 Å². The van der Waals surface area contributed by atoms with Crippen LogP contribution in [0.5, 0.6) is 5.75 Å². The summed E-state index contributed by atoms with van der Waals surface area (Å²) in [5.74, 6) is -0.442. The van der Waals surface area contributed by atoms with E-state index in [1.807, 2.05) is 13.0 Å². The molecule has 0 atom stereocenters. The number of hydrogen-bond donors (Lipinski definition) is 2. The van der Waals surface area contributed by atoms with Gasteiger partial charge in [0, 0.05) is 24.7 Å². The molecule has 0 bridgehead atoms. The third kappa shape index (κ3) is 7.27. The number of amides is 1. The van der Waals surface area contributed by atoms with Crippen molar-refractivity contribution >= 4 is 60.5 Å². The number of carbonyl (C=O) groups excluding carboxylic acids is 1. The zero-order chi connectivity index (χ0) is 29.1. The lowest BCUT2D eigenvalue weighted by molar-refractivity contribution is -0.120. The molecule has 0 radical (unpaired) electrons. The molecule has 9 nitrogen and oxygen atoms in total. The van der Waals surface area contributed by atoms with Crippen molar-refractivity contribution in [3.05, 3.63) is 81.8 Å². The van der Waals surface area contributed by atoms with E-state index in [2.05, 4.69) is 10.0 Å². The Balaban J connectivity index is 1.33. The number of nitrogens with zero attached hydrogens (tertiary/aromatic N) is 1. The molecule has 0 aliphatic carbocycles. The van der Waals surface area contributed by atoms with Crippen LogP contribution in [-0.4, -0.2) is 47.2 Å². The first-order chi connectivity index (χ1) is 18.9. The maximum Gasteiger partial charge on any atom is 0.262 e. The van der Waals surface area contributed by atoms with Gasteiger partial charge in [-0.25, -0.2) is 21.1 Å². The molecule has 0 saturated carbocycles. The van der Waals surface area contributed by atoms with Crippen molar-refractivity contribution in [2.45, 2.75) is 30.4 Å². The molecule has 1 amide bonds. The van der Waals surface area contributed by atoms with Crippen molar-refractivity contribution in [1.82, 2.24) is 4.31 Å². The Labute approximate surface area is 244 Å². The van der Waals surface area contributed by atoms with Gasteiger partial charge in [0.15, 0.2) is 0 Å². The normalized spacial score (nSPS) is 15.0. The lowest BCUT2D eigenvalue weighted by Gasteiger charge is -2.30. The van der Waals surface area contributed by atoms with Crippen LogP contribution in [0.2, 0.25) is 10.0 Å². The summed E-state index contributed by atoms with van der Waals surface area (Å²) >= 11 is 11.9. The molecule has 1 saturated heterocycles. The molecule has 214 valence electrons. The highest BCUT2D eigenvalue weighted by Gasteiger charge is 2.31. The molecule has 3 aromatic rings. The van der Waals surface area contributed by atoms with E-state index in [4.69, 9.17) is 27.9 Å². The van der Waals surface area contributed by atoms with Crippen LogP contribution in [-0.2, 0) is 30.6 Å². The molecular formula is C27H29Cl2N3O6S2. The minimum absolute atomic E-state index is 0.0227. The van der Waals surface area contributed by atoms with Gasteiger partial charge in [0.25, 0.3) is 10.0 Å². The number of halogens is 2. The Hall–Kier alpha value is -2.83. The largest absolute Gasteiger partial charge is 0.495 e. The van der Waals surface area contributed by atoms with Gasteiger partial charge in [-0.3, -0.25) is 9.52 Å². The summed E-state index contributed by atoms with van der Waals surface area (Å²) in [4.78, 5) is 12.9. The van der Waals surface area contributed by atoms with Crippen molar-refractivity contribution in [3.8, 4) is 5.75 Å². The van der Waals surface area contributed by atoms with Crippen LogP contribution >= 0.6 is 23.2 Å². The second-order valence-electron chi connectivity index (χ2n) is 9.50. The highest BCUT2D eigenvalue weighted by Crippen LogP contribution is 2.29. The summed E-state index contributed by atoms with van der Waals surface area (Å²) in [7, 11) is -6.03. The molecule has 3 aromatic carbocycles. The fourth-order valence-corrected chi connectivity index (χ4v) is 7.33. The number of nitrogens with one attached hydrogen (secondary N) is 2. The first kappa shape index (κ1) is 30.1. The van der Waals surface area contributed by atoms with Crippen LogP contribution in [0.25, 0.3) is 0 Å². The number of rotatable bonds is 9. The summed E-state index contributed by atoms with van der Waals surface area (Å²) in [5.41, 5.74) is 2.16. The molecule has 4 rings (SSSR count). The van der Waals surface area contributed by atoms with Crippen molar-refractivity contribution in [2.24, 2.45) is 5.92 Å². The van der Waals surface area contributed by atoms with E-state index >= 15 is 0 Å². The Morgan fingerprint density at radius 3 is 2.25 bits per heavy atom. The zero-order valence-electron chi connectivity index (χ0n) is 21.9. The number of carbonyl (C=O) groups is 1. The zero-order valence-corrected chi connectivity index (χ0v) is 25.0. The Kier molecular flexibility index (Phi) is 9.31. The predicted octanol–water partition coefficient (Wildman–Crippen LogP) is 5.29. The van der Waals surface area contributed by atoms with Gasteiger partial charge in [-0.15, -0.1) is 0 Å². The lowest BCUT2D eigenvalue weighted by atomic mass is 9.97. The molecular weight excluding hydrogens is 597 g/mol. The number of anilines is 2. The number of hydrogen-bond acceptors (Lipinski definition) is 6. The van der Waals surface area contributed by atoms with Crippen LogP contribution < -0.4 is 14.8 Å². The van der Waals surface area contributed by atoms with E-state index < -0.39 is 20.0 Å². The summed E-state index contributed by atoms with van der Waals surface area (Å²) in [6.07, 6.45) is 0.724. The molecule has 1 fully saturated rings. The highest BCUT2D eigenvalue weighted by molar-refractivity contribution is 7.92. The average Bonchev–Trinajstić information content (AvgIpc) is 2.91. The van der Waals surface area contributed by atoms with Crippen molar-refractivity contribution in [1.29, 1.82) is 0 Å². The second kappa shape index (κ2) is 12.4. The molecule has 13 heteroatoms. The molecule has 0 aromatic heterocycles. The van der Waals surface area contributed by atoms with Crippen LogP contribution in [0.4, 0.5) is 11.4 Å². The summed E-state index contributed by atoms with van der Waals surface area (Å²) in [6.45, 7) is 2.27. The molecule has 0 unspecified atom stereocenters. The third-order valence-electron chi connectivity index (χ3n) is 6.58. The van der Waals surface area contributed by atoms with Crippen molar-refractivity contribution < 1.29 is 26.4 Å². The van der Waals surface area contributed by atoms with Crippen LogP contribution in [0.15, 0.2) is 65.6 Å². The van der Waals surface area contributed by atoms with E-state index in [-0.39, 0.29) is 40.6 Å². The third-order valence-corrected chi connectivity index (χ3v) is 10.6. The first-order valence-electron chi connectivity index (χ1n) is 12.4. The van der Waals surface area contributed by atoms with E-state index in [1.165, 1.54) is 41.7 Å². The number of aryl methyl sites for hydroxylation is 1. The fourth-order valence-electron chi connectivity index (χ4n) is 4.39. The van der Waals surface area contributed by atoms with Crippen molar-refractivity contribution in [3.63, 3.8) is 0 Å². The summed E-state index contributed by atoms with van der Waals surface area (Å²) < 4.78 is 60.7. The van der Waals surface area contributed by atoms with E-state index in [0.717, 1.165) is 5.56 Å². The van der Waals surface area contributed by atoms with Crippen LogP contribution in [0.3, 0.4) is 0 Å². The van der Waals surface area contributed by atoms with Gasteiger partial charge in [0.05, 0.1) is 33.5 Å². The summed E-state index contributed by atoms with van der Waals surface area (Å²) in [5, 5.41) is 3.44. The van der Waals surface area contributed by atoms with Gasteiger partial charge in [0.1, 0.15) is 5.75 Å². The molecule has 1 aliphatic heterocycles. The van der Waals surface area contributed by atoms with Crippen LogP contribution in [0.1, 0.15) is 24.0 Å². The quantitative estimate of drug-likeness (QED) is 0.333. The number of methoxy groups -OCH3 is 1. The standard InChI is InChI=1S/C27H29Cl2N3O6S2/c1-18-3-10-26(38-2)25(15-18)31-40(36,37)22-7-5-21(6-8-22)30-27(33)20-11-13-32(14-12-20)39(34,35)17-19-4-9-23(28)24(29)16-19/h3-10,15-16,20,31H,11-14,17H2,1-2H3,(H,30,33). The van der Waals surface area contributed by atoms with Gasteiger partial charge in [0.2, 0.25) is 15.9 Å². The predicted molar refractivity (Wildman–Crippen MR) is 157 cm³/mol. The van der Waals surface area contributed by atoms with Crippen molar-refractivity contribution in [2.75, 3.05) is 30.2 Å². The van der Waals surface area contributed by atoms with E-state index in [0.29, 0.717) is 40.6 Å². The highest BCUT2D eigenvalue weighted by atomic mass is 35.5. The van der Waals surface area contributed by atoms with Gasteiger partial charge < -0.3 is 10.1 Å². The Morgan fingerprint density at radius 1 is 0.950 bits per heavy atom. The smallest absolute Gasteiger partial charge is 0.262 e. The number of benzene rings is 3. The minimum atomic E-state index is -3.89. The fraction of sp³-hybridized carbons (Fsp3) is 0.296. The number of piperidine rings is 1. The molecule has 1 aliphatic rings. The Morgan fingerprint density at radius 2 is 1.62 bits per heavy atom. The average molecular weight is 627 g/mol. The van der Waals surface area contributed by atoms with E-state index in [9.17, 15) is 21.6 Å². The number of ether oxygens (including phenoxy) is 1. The number of sulfonamides is 2. The van der Waals surface area contributed by atoms with Gasteiger partial charge in [-0.1, -0.05) is 35.3 Å². The lowest BCUT2D eigenvalue weighted by Crippen LogP contribution is -2.41. The molecule has 1 heterocycles.